The monoisotopic (exact) mass is 194 g/mol. The van der Waals surface area contributed by atoms with Gasteiger partial charge in [-0.1, -0.05) is 6.92 Å². The Morgan fingerprint density at radius 3 is 2.86 bits per heavy atom. The summed E-state index contributed by atoms with van der Waals surface area (Å²) in [5.74, 6) is 0.494. The lowest BCUT2D eigenvalue weighted by Crippen LogP contribution is -2.57. The molecule has 3 unspecified atom stereocenters. The van der Waals surface area contributed by atoms with Crippen molar-refractivity contribution < 1.29 is 4.74 Å². The molecule has 1 N–H and O–H groups in total. The van der Waals surface area contributed by atoms with Crippen LogP contribution in [-0.2, 0) is 4.74 Å². The van der Waals surface area contributed by atoms with Crippen LogP contribution in [0.25, 0.3) is 0 Å². The molecule has 0 radical (unpaired) electrons. The fourth-order valence-corrected chi connectivity index (χ4v) is 2.29. The Balaban J connectivity index is 1.81. The summed E-state index contributed by atoms with van der Waals surface area (Å²) in [4.78, 5) is 0. The maximum absolute atomic E-state index is 9.13. The average Bonchev–Trinajstić information content (AvgIpc) is 2.70. The molecule has 3 heteroatoms. The topological polar surface area (TPSA) is 45.0 Å². The lowest BCUT2D eigenvalue weighted by molar-refractivity contribution is 0.0824. The number of hydrogen-bond acceptors (Lipinski definition) is 3. The number of nitrogens with zero attached hydrogens (tertiary/aromatic N) is 1. The number of hydrogen-bond donors (Lipinski definition) is 1. The van der Waals surface area contributed by atoms with Gasteiger partial charge in [0.15, 0.2) is 0 Å². The van der Waals surface area contributed by atoms with Crippen LogP contribution in [0.15, 0.2) is 0 Å². The molecule has 3 nitrogen and oxygen atoms in total. The third-order valence-corrected chi connectivity index (χ3v) is 3.68. The maximum Gasteiger partial charge on any atom is 0.109 e. The van der Waals surface area contributed by atoms with E-state index in [2.05, 4.69) is 18.3 Å². The summed E-state index contributed by atoms with van der Waals surface area (Å²) in [6.07, 6.45) is 4.82. The smallest absolute Gasteiger partial charge is 0.109 e. The van der Waals surface area contributed by atoms with Gasteiger partial charge in [0.2, 0.25) is 0 Å². The van der Waals surface area contributed by atoms with E-state index < -0.39 is 0 Å². The number of rotatable bonds is 3. The van der Waals surface area contributed by atoms with Gasteiger partial charge in [-0.25, -0.2) is 0 Å². The van der Waals surface area contributed by atoms with E-state index in [4.69, 9.17) is 10.00 Å². The van der Waals surface area contributed by atoms with E-state index in [-0.39, 0.29) is 5.54 Å². The molecule has 78 valence electrons. The van der Waals surface area contributed by atoms with Crippen molar-refractivity contribution >= 4 is 0 Å². The van der Waals surface area contributed by atoms with Crippen molar-refractivity contribution in [3.63, 3.8) is 0 Å². The fourth-order valence-electron chi connectivity index (χ4n) is 2.29. The molecule has 1 aliphatic heterocycles. The van der Waals surface area contributed by atoms with E-state index in [9.17, 15) is 0 Å². The number of nitriles is 1. The van der Waals surface area contributed by atoms with E-state index >= 15 is 0 Å². The molecule has 1 saturated carbocycles. The summed E-state index contributed by atoms with van der Waals surface area (Å²) >= 11 is 0. The van der Waals surface area contributed by atoms with Gasteiger partial charge in [0, 0.05) is 13.2 Å². The van der Waals surface area contributed by atoms with Crippen LogP contribution in [-0.4, -0.2) is 24.8 Å². The van der Waals surface area contributed by atoms with Crippen LogP contribution in [0.5, 0.6) is 0 Å². The third-order valence-electron chi connectivity index (χ3n) is 3.68. The van der Waals surface area contributed by atoms with Crippen LogP contribution in [0, 0.1) is 17.2 Å². The van der Waals surface area contributed by atoms with E-state index in [1.165, 1.54) is 12.8 Å². The molecule has 14 heavy (non-hydrogen) atoms. The highest BCUT2D eigenvalue weighted by Crippen LogP contribution is 2.37. The van der Waals surface area contributed by atoms with Crippen LogP contribution in [0.1, 0.15) is 32.6 Å². The molecule has 2 fully saturated rings. The molecule has 2 rings (SSSR count). The van der Waals surface area contributed by atoms with Gasteiger partial charge in [-0.3, -0.25) is 5.32 Å². The predicted octanol–water partition coefficient (Wildman–Crippen LogP) is 1.45. The number of ether oxygens (including phenoxy) is 1. The van der Waals surface area contributed by atoms with Gasteiger partial charge in [0.1, 0.15) is 5.54 Å². The van der Waals surface area contributed by atoms with Crippen molar-refractivity contribution in [3.8, 4) is 6.07 Å². The van der Waals surface area contributed by atoms with Crippen molar-refractivity contribution in [2.24, 2.45) is 5.92 Å². The van der Waals surface area contributed by atoms with E-state index in [0.29, 0.717) is 12.0 Å². The minimum atomic E-state index is -0.244. The number of nitrogens with one attached hydrogen (secondary N) is 1. The molecule has 0 bridgehead atoms. The molecule has 3 atom stereocenters. The van der Waals surface area contributed by atoms with Crippen LogP contribution in [0.2, 0.25) is 0 Å². The summed E-state index contributed by atoms with van der Waals surface area (Å²) in [5.41, 5.74) is -0.244. The Morgan fingerprint density at radius 1 is 1.57 bits per heavy atom. The van der Waals surface area contributed by atoms with Gasteiger partial charge in [0.25, 0.3) is 0 Å². The van der Waals surface area contributed by atoms with Crippen molar-refractivity contribution in [2.45, 2.75) is 44.2 Å². The minimum absolute atomic E-state index is 0.244. The van der Waals surface area contributed by atoms with Crippen molar-refractivity contribution in [3.05, 3.63) is 0 Å². The predicted molar refractivity (Wildman–Crippen MR) is 53.7 cm³/mol. The first-order valence-electron chi connectivity index (χ1n) is 5.55. The zero-order valence-electron chi connectivity index (χ0n) is 8.75. The Hall–Kier alpha value is -0.590. The van der Waals surface area contributed by atoms with Gasteiger partial charge >= 0.3 is 0 Å². The van der Waals surface area contributed by atoms with Gasteiger partial charge in [-0.2, -0.15) is 5.26 Å². The zero-order valence-corrected chi connectivity index (χ0v) is 8.75. The summed E-state index contributed by atoms with van der Waals surface area (Å²) in [5, 5.41) is 12.5. The average molecular weight is 194 g/mol. The fraction of sp³-hybridized carbons (Fsp3) is 0.909. The summed E-state index contributed by atoms with van der Waals surface area (Å²) in [7, 11) is 0. The highest BCUT2D eigenvalue weighted by Gasteiger charge is 2.44. The van der Waals surface area contributed by atoms with Gasteiger partial charge in [-0.05, 0) is 31.6 Å². The maximum atomic E-state index is 9.13. The Morgan fingerprint density at radius 2 is 2.43 bits per heavy atom. The second-order valence-electron chi connectivity index (χ2n) is 4.54. The first kappa shape index (κ1) is 9.95. The van der Waals surface area contributed by atoms with E-state index in [1.54, 1.807) is 0 Å². The molecule has 2 aliphatic rings. The van der Waals surface area contributed by atoms with Crippen LogP contribution >= 0.6 is 0 Å². The van der Waals surface area contributed by atoms with Crippen molar-refractivity contribution in [2.75, 3.05) is 13.2 Å². The van der Waals surface area contributed by atoms with Crippen molar-refractivity contribution in [1.29, 1.82) is 5.26 Å². The molecule has 1 saturated heterocycles. The lowest BCUT2D eigenvalue weighted by atomic mass is 9.68. The molecule has 0 aromatic heterocycles. The first-order valence-corrected chi connectivity index (χ1v) is 5.55. The molecule has 1 heterocycles. The highest BCUT2D eigenvalue weighted by atomic mass is 16.5. The molecular weight excluding hydrogens is 176 g/mol. The van der Waals surface area contributed by atoms with Crippen LogP contribution in [0.4, 0.5) is 0 Å². The Kier molecular flexibility index (Phi) is 2.76. The largest absolute Gasteiger partial charge is 0.377 e. The molecule has 0 amide bonds. The standard InChI is InChI=1S/C11H18N2O/c1-9-4-5-11(9,8-12)13-7-10-3-2-6-14-10/h9-10,13H,2-7H2,1H3. The summed E-state index contributed by atoms with van der Waals surface area (Å²) in [6, 6.07) is 2.42. The van der Waals surface area contributed by atoms with Crippen LogP contribution < -0.4 is 5.32 Å². The molecular formula is C11H18N2O. The van der Waals surface area contributed by atoms with Crippen molar-refractivity contribution in [1.82, 2.24) is 5.32 Å². The minimum Gasteiger partial charge on any atom is -0.377 e. The second kappa shape index (κ2) is 3.88. The molecule has 1 aliphatic carbocycles. The third kappa shape index (κ3) is 1.65. The molecule has 0 spiro atoms. The summed E-state index contributed by atoms with van der Waals surface area (Å²) < 4.78 is 5.52. The summed E-state index contributed by atoms with van der Waals surface area (Å²) in [6.45, 7) is 3.88. The second-order valence-corrected chi connectivity index (χ2v) is 4.54. The molecule has 0 aromatic carbocycles. The van der Waals surface area contributed by atoms with E-state index in [0.717, 1.165) is 26.0 Å². The quantitative estimate of drug-likeness (QED) is 0.739. The van der Waals surface area contributed by atoms with Crippen LogP contribution in [0.3, 0.4) is 0 Å². The van der Waals surface area contributed by atoms with E-state index in [1.807, 2.05) is 0 Å². The lowest BCUT2D eigenvalue weighted by Gasteiger charge is -2.43. The van der Waals surface area contributed by atoms with Gasteiger partial charge in [-0.15, -0.1) is 0 Å². The Labute approximate surface area is 85.4 Å². The molecule has 0 aromatic rings. The first-order chi connectivity index (χ1) is 6.77. The zero-order chi connectivity index (χ0) is 10.0. The Bertz CT molecular complexity index is 242. The van der Waals surface area contributed by atoms with Gasteiger partial charge < -0.3 is 4.74 Å². The SMILES string of the molecule is CC1CCC1(C#N)NCC1CCCO1. The van der Waals surface area contributed by atoms with Gasteiger partial charge in [0.05, 0.1) is 12.2 Å². The highest BCUT2D eigenvalue weighted by molar-refractivity contribution is 5.16. The normalized spacial score (nSPS) is 41.7.